The molecule has 1 fully saturated rings. The Morgan fingerprint density at radius 1 is 1.24 bits per heavy atom. The molecule has 0 unspecified atom stereocenters. The first-order valence-corrected chi connectivity index (χ1v) is 8.35. The van der Waals surface area contributed by atoms with Crippen LogP contribution in [0.5, 0.6) is 0 Å². The molecule has 0 spiro atoms. The van der Waals surface area contributed by atoms with E-state index in [2.05, 4.69) is 16.0 Å². The minimum Gasteiger partial charge on any atom is -0.349 e. The van der Waals surface area contributed by atoms with E-state index in [1.807, 2.05) is 0 Å². The molecular weight excluding hydrogens is 288 g/mol. The molecule has 0 aromatic heterocycles. The maximum absolute atomic E-state index is 12.0. The molecule has 0 heterocycles. The van der Waals surface area contributed by atoms with Crippen LogP contribution in [0.25, 0.3) is 0 Å². The first kappa shape index (κ1) is 15.5. The number of amides is 1. The predicted molar refractivity (Wildman–Crippen MR) is 80.2 cm³/mol. The van der Waals surface area contributed by atoms with Crippen molar-refractivity contribution in [2.24, 2.45) is 0 Å². The zero-order chi connectivity index (χ0) is 15.3. The highest BCUT2D eigenvalue weighted by molar-refractivity contribution is 7.89. The van der Waals surface area contributed by atoms with Gasteiger partial charge in [0.1, 0.15) is 0 Å². The van der Waals surface area contributed by atoms with E-state index in [-0.39, 0.29) is 23.4 Å². The van der Waals surface area contributed by atoms with Crippen molar-refractivity contribution in [3.05, 3.63) is 29.8 Å². The Morgan fingerprint density at radius 3 is 2.43 bits per heavy atom. The van der Waals surface area contributed by atoms with E-state index in [4.69, 9.17) is 6.42 Å². The highest BCUT2D eigenvalue weighted by Crippen LogP contribution is 2.18. The maximum atomic E-state index is 12.0. The Bertz CT molecular complexity index is 638. The number of carbonyl (C=O) groups is 1. The smallest absolute Gasteiger partial charge is 0.251 e. The number of benzene rings is 1. The quantitative estimate of drug-likeness (QED) is 0.805. The molecule has 112 valence electrons. The lowest BCUT2D eigenvalue weighted by Gasteiger charge is -2.12. The maximum Gasteiger partial charge on any atom is 0.251 e. The van der Waals surface area contributed by atoms with E-state index >= 15 is 0 Å². The number of carbonyl (C=O) groups excluding carboxylic acids is 1. The number of rotatable bonds is 5. The van der Waals surface area contributed by atoms with Crippen LogP contribution < -0.4 is 10.0 Å². The van der Waals surface area contributed by atoms with Crippen LogP contribution in [0.15, 0.2) is 29.2 Å². The van der Waals surface area contributed by atoms with Gasteiger partial charge in [0.15, 0.2) is 0 Å². The summed E-state index contributed by atoms with van der Waals surface area (Å²) in [5, 5.41) is 2.96. The summed E-state index contributed by atoms with van der Waals surface area (Å²) in [6.07, 6.45) is 9.33. The Labute approximate surface area is 125 Å². The second-order valence-corrected chi connectivity index (χ2v) is 6.77. The lowest BCUT2D eigenvalue weighted by Crippen LogP contribution is -2.32. The molecule has 2 N–H and O–H groups in total. The van der Waals surface area contributed by atoms with Gasteiger partial charge in [-0.05, 0) is 37.1 Å². The zero-order valence-electron chi connectivity index (χ0n) is 11.6. The third-order valence-electron chi connectivity index (χ3n) is 3.48. The second-order valence-electron chi connectivity index (χ2n) is 5.01. The van der Waals surface area contributed by atoms with E-state index in [1.54, 1.807) is 0 Å². The lowest BCUT2D eigenvalue weighted by atomic mass is 10.2. The van der Waals surface area contributed by atoms with Crippen molar-refractivity contribution in [3.8, 4) is 12.3 Å². The van der Waals surface area contributed by atoms with Gasteiger partial charge >= 0.3 is 0 Å². The van der Waals surface area contributed by atoms with Crippen LogP contribution >= 0.6 is 0 Å². The van der Waals surface area contributed by atoms with Gasteiger partial charge in [-0.2, -0.15) is 4.72 Å². The van der Waals surface area contributed by atoms with Crippen LogP contribution in [-0.4, -0.2) is 26.9 Å². The molecule has 0 atom stereocenters. The fraction of sp³-hybridized carbons (Fsp3) is 0.400. The molecule has 0 bridgehead atoms. The van der Waals surface area contributed by atoms with Crippen molar-refractivity contribution < 1.29 is 13.2 Å². The van der Waals surface area contributed by atoms with Crippen molar-refractivity contribution in [2.45, 2.75) is 36.6 Å². The molecule has 1 aliphatic rings. The number of sulfonamides is 1. The number of nitrogens with one attached hydrogen (secondary N) is 2. The van der Waals surface area contributed by atoms with Crippen LogP contribution in [0.1, 0.15) is 36.0 Å². The average Bonchev–Trinajstić information content (AvgIpc) is 2.98. The monoisotopic (exact) mass is 306 g/mol. The normalized spacial score (nSPS) is 15.6. The summed E-state index contributed by atoms with van der Waals surface area (Å²) in [6, 6.07) is 6.06. The fourth-order valence-electron chi connectivity index (χ4n) is 2.34. The SMILES string of the molecule is C#CCNS(=O)(=O)c1ccc(C(=O)NC2CCCC2)cc1. The third-order valence-corrected chi connectivity index (χ3v) is 4.90. The van der Waals surface area contributed by atoms with Gasteiger partial charge in [-0.3, -0.25) is 4.79 Å². The summed E-state index contributed by atoms with van der Waals surface area (Å²) in [5.74, 6) is 2.04. The summed E-state index contributed by atoms with van der Waals surface area (Å²) < 4.78 is 26.0. The number of terminal acetylenes is 1. The first-order valence-electron chi connectivity index (χ1n) is 6.87. The zero-order valence-corrected chi connectivity index (χ0v) is 12.4. The second kappa shape index (κ2) is 6.74. The Hall–Kier alpha value is -1.84. The topological polar surface area (TPSA) is 75.3 Å². The minimum absolute atomic E-state index is 0.0632. The number of hydrogen-bond acceptors (Lipinski definition) is 3. The molecule has 2 rings (SSSR count). The molecule has 6 heteroatoms. The van der Waals surface area contributed by atoms with Gasteiger partial charge in [-0.15, -0.1) is 6.42 Å². The van der Waals surface area contributed by atoms with Gasteiger partial charge in [-0.1, -0.05) is 18.8 Å². The molecule has 0 saturated heterocycles. The van der Waals surface area contributed by atoms with E-state index < -0.39 is 10.0 Å². The highest BCUT2D eigenvalue weighted by atomic mass is 32.2. The Balaban J connectivity index is 2.04. The van der Waals surface area contributed by atoms with Crippen LogP contribution in [0.3, 0.4) is 0 Å². The van der Waals surface area contributed by atoms with Gasteiger partial charge < -0.3 is 5.32 Å². The molecular formula is C15H18N2O3S. The van der Waals surface area contributed by atoms with Crippen molar-refractivity contribution in [3.63, 3.8) is 0 Å². The summed E-state index contributed by atoms with van der Waals surface area (Å²) in [6.45, 7) is -0.0632. The molecule has 1 aliphatic carbocycles. The van der Waals surface area contributed by atoms with Crippen LogP contribution in [0.2, 0.25) is 0 Å². The predicted octanol–water partition coefficient (Wildman–Crippen LogP) is 1.27. The van der Waals surface area contributed by atoms with Gasteiger partial charge in [0.2, 0.25) is 10.0 Å². The summed E-state index contributed by atoms with van der Waals surface area (Å²) >= 11 is 0. The largest absolute Gasteiger partial charge is 0.349 e. The van der Waals surface area contributed by atoms with E-state index in [9.17, 15) is 13.2 Å². The van der Waals surface area contributed by atoms with Crippen molar-refractivity contribution in [1.82, 2.24) is 10.0 Å². The molecule has 21 heavy (non-hydrogen) atoms. The van der Waals surface area contributed by atoms with E-state index in [0.29, 0.717) is 5.56 Å². The van der Waals surface area contributed by atoms with Gasteiger partial charge in [0.05, 0.1) is 11.4 Å². The van der Waals surface area contributed by atoms with Gasteiger partial charge in [0.25, 0.3) is 5.91 Å². The fourth-order valence-corrected chi connectivity index (χ4v) is 3.28. The van der Waals surface area contributed by atoms with Crippen LogP contribution in [0, 0.1) is 12.3 Å². The van der Waals surface area contributed by atoms with E-state index in [1.165, 1.54) is 24.3 Å². The Morgan fingerprint density at radius 2 is 1.86 bits per heavy atom. The number of hydrogen-bond donors (Lipinski definition) is 2. The Kier molecular flexibility index (Phi) is 4.99. The van der Waals surface area contributed by atoms with Gasteiger partial charge in [-0.25, -0.2) is 8.42 Å². The lowest BCUT2D eigenvalue weighted by molar-refractivity contribution is 0.0938. The van der Waals surface area contributed by atoms with Crippen molar-refractivity contribution in [2.75, 3.05) is 6.54 Å². The molecule has 5 nitrogen and oxygen atoms in total. The standard InChI is InChI=1S/C15H18N2O3S/c1-2-11-16-21(19,20)14-9-7-12(8-10-14)15(18)17-13-5-3-4-6-13/h1,7-10,13,16H,3-6,11H2,(H,17,18). The average molecular weight is 306 g/mol. The van der Waals surface area contributed by atoms with Crippen LogP contribution in [0.4, 0.5) is 0 Å². The first-order chi connectivity index (χ1) is 10.0. The molecule has 0 radical (unpaired) electrons. The molecule has 1 aromatic rings. The third kappa shape index (κ3) is 4.06. The molecule has 1 aromatic carbocycles. The van der Waals surface area contributed by atoms with Gasteiger partial charge in [0, 0.05) is 11.6 Å². The van der Waals surface area contributed by atoms with E-state index in [0.717, 1.165) is 25.7 Å². The summed E-state index contributed by atoms with van der Waals surface area (Å²) in [7, 11) is -3.61. The summed E-state index contributed by atoms with van der Waals surface area (Å²) in [4.78, 5) is 12.1. The molecule has 1 amide bonds. The molecule has 1 saturated carbocycles. The highest BCUT2D eigenvalue weighted by Gasteiger charge is 2.18. The van der Waals surface area contributed by atoms with Crippen molar-refractivity contribution in [1.29, 1.82) is 0 Å². The van der Waals surface area contributed by atoms with Crippen LogP contribution in [-0.2, 0) is 10.0 Å². The summed E-state index contributed by atoms with van der Waals surface area (Å²) in [5.41, 5.74) is 0.456. The van der Waals surface area contributed by atoms with Crippen molar-refractivity contribution >= 4 is 15.9 Å². The molecule has 0 aliphatic heterocycles. The minimum atomic E-state index is -3.61.